The summed E-state index contributed by atoms with van der Waals surface area (Å²) < 4.78 is 45.2. The molecular formula is C11H7ClF3NO3. The largest absolute Gasteiger partial charge is 0.573 e. The first-order valence-corrected chi connectivity index (χ1v) is 5.33. The van der Waals surface area contributed by atoms with Crippen LogP contribution in [0.1, 0.15) is 21.5 Å². The van der Waals surface area contributed by atoms with Crippen molar-refractivity contribution in [1.82, 2.24) is 0 Å². The van der Waals surface area contributed by atoms with Gasteiger partial charge in [-0.15, -0.1) is 24.8 Å². The van der Waals surface area contributed by atoms with E-state index in [1.165, 1.54) is 12.1 Å². The summed E-state index contributed by atoms with van der Waals surface area (Å²) in [5.74, 6) is -2.24. The monoisotopic (exact) mass is 293 g/mol. The number of methoxy groups -OCH3 is 1. The second-order valence-electron chi connectivity index (χ2n) is 3.26. The van der Waals surface area contributed by atoms with E-state index < -0.39 is 23.6 Å². The molecule has 0 atom stereocenters. The van der Waals surface area contributed by atoms with Gasteiger partial charge in [-0.2, -0.15) is 5.26 Å². The summed E-state index contributed by atoms with van der Waals surface area (Å²) in [4.78, 5) is 11.5. The van der Waals surface area contributed by atoms with E-state index in [2.05, 4.69) is 9.47 Å². The Kier molecular flexibility index (Phi) is 4.62. The lowest BCUT2D eigenvalue weighted by Crippen LogP contribution is -2.21. The number of ether oxygens (including phenoxy) is 2. The first-order valence-electron chi connectivity index (χ1n) is 4.80. The van der Waals surface area contributed by atoms with Crippen molar-refractivity contribution in [2.75, 3.05) is 7.11 Å². The van der Waals surface area contributed by atoms with Crippen LogP contribution in [-0.4, -0.2) is 19.4 Å². The normalized spacial score (nSPS) is 10.7. The number of esters is 1. The molecule has 0 N–H and O–H groups in total. The fourth-order valence-electron chi connectivity index (χ4n) is 1.36. The molecule has 8 heteroatoms. The number of nitriles is 1. The van der Waals surface area contributed by atoms with E-state index in [1.807, 2.05) is 0 Å². The highest BCUT2D eigenvalue weighted by Crippen LogP contribution is 2.33. The maximum Gasteiger partial charge on any atom is 0.573 e. The zero-order chi connectivity index (χ0) is 14.6. The van der Waals surface area contributed by atoms with E-state index in [9.17, 15) is 18.0 Å². The van der Waals surface area contributed by atoms with E-state index in [0.29, 0.717) is 0 Å². The number of nitrogens with zero attached hydrogens (tertiary/aromatic N) is 1. The predicted molar refractivity (Wildman–Crippen MR) is 58.7 cm³/mol. The van der Waals surface area contributed by atoms with Gasteiger partial charge in [0.2, 0.25) is 0 Å². The molecule has 0 aliphatic carbocycles. The highest BCUT2D eigenvalue weighted by atomic mass is 35.5. The van der Waals surface area contributed by atoms with Crippen LogP contribution in [0.3, 0.4) is 0 Å². The van der Waals surface area contributed by atoms with E-state index in [1.54, 1.807) is 6.07 Å². The van der Waals surface area contributed by atoms with Crippen LogP contribution in [0, 0.1) is 11.3 Å². The van der Waals surface area contributed by atoms with Crippen LogP contribution in [0.4, 0.5) is 13.2 Å². The van der Waals surface area contributed by atoms with Crippen LogP contribution in [0.15, 0.2) is 12.1 Å². The Bertz CT molecular complexity index is 537. The van der Waals surface area contributed by atoms with Crippen LogP contribution in [-0.2, 0) is 10.6 Å². The molecule has 0 saturated carbocycles. The molecule has 0 aliphatic heterocycles. The number of hydrogen-bond donors (Lipinski definition) is 0. The van der Waals surface area contributed by atoms with Gasteiger partial charge in [0.15, 0.2) is 0 Å². The lowest BCUT2D eigenvalue weighted by atomic mass is 10.0. The van der Waals surface area contributed by atoms with Gasteiger partial charge >= 0.3 is 12.3 Å². The maximum atomic E-state index is 12.3. The summed E-state index contributed by atoms with van der Waals surface area (Å²) in [6.45, 7) is 0. The highest BCUT2D eigenvalue weighted by Gasteiger charge is 2.35. The Balaban J connectivity index is 3.53. The summed E-state index contributed by atoms with van der Waals surface area (Å²) in [7, 11) is 0.980. The summed E-state index contributed by atoms with van der Waals surface area (Å²) in [5, 5.41) is 8.82. The molecule has 0 aromatic heterocycles. The Labute approximate surface area is 111 Å². The van der Waals surface area contributed by atoms with Crippen molar-refractivity contribution < 1.29 is 27.4 Å². The van der Waals surface area contributed by atoms with Gasteiger partial charge in [0.1, 0.15) is 17.4 Å². The summed E-state index contributed by atoms with van der Waals surface area (Å²) in [6, 6.07) is 3.95. The van der Waals surface area contributed by atoms with Crippen LogP contribution < -0.4 is 4.74 Å². The molecule has 1 aromatic rings. The zero-order valence-electron chi connectivity index (χ0n) is 9.55. The van der Waals surface area contributed by atoms with Crippen molar-refractivity contribution >= 4 is 17.6 Å². The zero-order valence-corrected chi connectivity index (χ0v) is 10.3. The van der Waals surface area contributed by atoms with Crippen LogP contribution in [0.25, 0.3) is 0 Å². The first-order chi connectivity index (χ1) is 8.84. The van der Waals surface area contributed by atoms with Gasteiger partial charge in [0.25, 0.3) is 0 Å². The van der Waals surface area contributed by atoms with Gasteiger partial charge in [0, 0.05) is 5.56 Å². The third-order valence-electron chi connectivity index (χ3n) is 2.11. The molecular weight excluding hydrogens is 287 g/mol. The maximum absolute atomic E-state index is 12.3. The minimum absolute atomic E-state index is 0.0709. The Morgan fingerprint density at radius 2 is 2.11 bits per heavy atom. The quantitative estimate of drug-likeness (QED) is 0.635. The molecule has 1 rings (SSSR count). The van der Waals surface area contributed by atoms with Gasteiger partial charge < -0.3 is 9.47 Å². The molecule has 0 saturated heterocycles. The molecule has 19 heavy (non-hydrogen) atoms. The molecule has 0 heterocycles. The number of carbonyl (C=O) groups is 1. The standard InChI is InChI=1S/C11H7ClF3NO3/c1-18-10(17)8-7(5-16)3-2-6(4-12)9(8)19-11(13,14)15/h2-3H,4H2,1H3. The smallest absolute Gasteiger partial charge is 0.465 e. The number of hydrogen-bond acceptors (Lipinski definition) is 4. The third kappa shape index (κ3) is 3.51. The number of carbonyl (C=O) groups excluding carboxylic acids is 1. The second kappa shape index (κ2) is 5.80. The summed E-state index contributed by atoms with van der Waals surface area (Å²) in [6.07, 6.45) is -5.02. The summed E-state index contributed by atoms with van der Waals surface area (Å²) >= 11 is 5.49. The highest BCUT2D eigenvalue weighted by molar-refractivity contribution is 6.17. The fraction of sp³-hybridized carbons (Fsp3) is 0.273. The average Bonchev–Trinajstić information content (AvgIpc) is 2.35. The lowest BCUT2D eigenvalue weighted by molar-refractivity contribution is -0.275. The molecule has 0 bridgehead atoms. The van der Waals surface area contributed by atoms with Crippen LogP contribution in [0.5, 0.6) is 5.75 Å². The van der Waals surface area contributed by atoms with Gasteiger partial charge in [-0.3, -0.25) is 0 Å². The SMILES string of the molecule is COC(=O)c1c(C#N)ccc(CCl)c1OC(F)(F)F. The van der Waals surface area contributed by atoms with Crippen molar-refractivity contribution in [1.29, 1.82) is 5.26 Å². The van der Waals surface area contributed by atoms with Gasteiger partial charge in [-0.25, -0.2) is 4.79 Å². The Hall–Kier alpha value is -1.94. The van der Waals surface area contributed by atoms with E-state index in [0.717, 1.165) is 7.11 Å². The number of rotatable bonds is 3. The average molecular weight is 294 g/mol. The molecule has 102 valence electrons. The molecule has 0 amide bonds. The molecule has 0 unspecified atom stereocenters. The van der Waals surface area contributed by atoms with Crippen molar-refractivity contribution in [2.45, 2.75) is 12.2 Å². The van der Waals surface area contributed by atoms with Crippen LogP contribution in [0.2, 0.25) is 0 Å². The summed E-state index contributed by atoms with van der Waals surface area (Å²) in [5.41, 5.74) is -0.959. The van der Waals surface area contributed by atoms with Gasteiger partial charge in [-0.05, 0) is 6.07 Å². The van der Waals surface area contributed by atoms with Crippen molar-refractivity contribution in [2.24, 2.45) is 0 Å². The van der Waals surface area contributed by atoms with E-state index >= 15 is 0 Å². The minimum atomic E-state index is -5.02. The topological polar surface area (TPSA) is 59.3 Å². The molecule has 0 spiro atoms. The van der Waals surface area contributed by atoms with Crippen molar-refractivity contribution in [3.8, 4) is 11.8 Å². The molecule has 0 aliphatic rings. The Morgan fingerprint density at radius 1 is 1.47 bits per heavy atom. The fourth-order valence-corrected chi connectivity index (χ4v) is 1.57. The molecule has 1 aromatic carbocycles. The number of alkyl halides is 4. The van der Waals surface area contributed by atoms with Gasteiger partial charge in [-0.1, -0.05) is 6.07 Å². The van der Waals surface area contributed by atoms with Gasteiger partial charge in [0.05, 0.1) is 18.6 Å². The number of halogens is 4. The van der Waals surface area contributed by atoms with E-state index in [4.69, 9.17) is 16.9 Å². The molecule has 0 fully saturated rings. The lowest BCUT2D eigenvalue weighted by Gasteiger charge is -2.16. The number of benzene rings is 1. The molecule has 0 radical (unpaired) electrons. The van der Waals surface area contributed by atoms with Crippen molar-refractivity contribution in [3.63, 3.8) is 0 Å². The van der Waals surface area contributed by atoms with Crippen molar-refractivity contribution in [3.05, 3.63) is 28.8 Å². The first kappa shape index (κ1) is 15.1. The minimum Gasteiger partial charge on any atom is -0.465 e. The third-order valence-corrected chi connectivity index (χ3v) is 2.40. The van der Waals surface area contributed by atoms with E-state index in [-0.39, 0.29) is 17.0 Å². The Morgan fingerprint density at radius 3 is 2.53 bits per heavy atom. The molecule has 4 nitrogen and oxygen atoms in total. The second-order valence-corrected chi connectivity index (χ2v) is 3.53. The van der Waals surface area contributed by atoms with Crippen LogP contribution >= 0.6 is 11.6 Å². The predicted octanol–water partition coefficient (Wildman–Crippen LogP) is 2.98.